The van der Waals surface area contributed by atoms with Crippen LogP contribution in [-0.2, 0) is 9.84 Å². The molecular weight excluding hydrogens is 252 g/mol. The van der Waals surface area contributed by atoms with Gasteiger partial charge in [0.25, 0.3) is 0 Å². The Morgan fingerprint density at radius 3 is 2.72 bits per heavy atom. The van der Waals surface area contributed by atoms with Gasteiger partial charge >= 0.3 is 0 Å². The van der Waals surface area contributed by atoms with Crippen molar-refractivity contribution in [2.45, 2.75) is 31.5 Å². The second-order valence-corrected chi connectivity index (χ2v) is 8.12. The first kappa shape index (κ1) is 12.8. The molecule has 3 aliphatic rings. The molecular formula is C12H22N2O3S. The van der Waals surface area contributed by atoms with E-state index in [2.05, 4.69) is 17.1 Å². The van der Waals surface area contributed by atoms with Crippen molar-refractivity contribution in [2.24, 2.45) is 11.8 Å². The molecule has 3 saturated heterocycles. The number of likely N-dealkylation sites (tertiary alicyclic amines) is 1. The topological polar surface area (TPSA) is 69.6 Å². The van der Waals surface area contributed by atoms with Crippen molar-refractivity contribution in [1.29, 1.82) is 0 Å². The Kier molecular flexibility index (Phi) is 3.17. The van der Waals surface area contributed by atoms with Crippen LogP contribution in [0.15, 0.2) is 0 Å². The summed E-state index contributed by atoms with van der Waals surface area (Å²) in [5.74, 6) is 1.34. The molecule has 2 N–H and O–H groups in total. The standard InChI is InChI=1S/C12H22N2O3S/c1-2-10-9-4-13-3-8(9)5-14(10)11-6-18(16,17)7-12(11)15/h8-13,15H,2-7H2,1H3. The van der Waals surface area contributed by atoms with E-state index in [9.17, 15) is 13.5 Å². The number of fused-ring (bicyclic) bond motifs is 1. The van der Waals surface area contributed by atoms with Crippen LogP contribution in [-0.4, -0.2) is 67.8 Å². The Labute approximate surface area is 108 Å². The van der Waals surface area contributed by atoms with E-state index < -0.39 is 15.9 Å². The van der Waals surface area contributed by atoms with Crippen molar-refractivity contribution in [1.82, 2.24) is 10.2 Å². The summed E-state index contributed by atoms with van der Waals surface area (Å²) in [7, 11) is -3.04. The molecule has 0 aromatic rings. The molecule has 0 aromatic carbocycles. The lowest BCUT2D eigenvalue weighted by Gasteiger charge is -2.33. The van der Waals surface area contributed by atoms with Gasteiger partial charge in [-0.25, -0.2) is 8.42 Å². The maximum absolute atomic E-state index is 11.7. The van der Waals surface area contributed by atoms with Crippen LogP contribution >= 0.6 is 0 Å². The zero-order valence-corrected chi connectivity index (χ0v) is 11.6. The minimum atomic E-state index is -3.04. The SMILES string of the molecule is CCC1C2CNCC2CN1C1CS(=O)(=O)CC1O. The first-order chi connectivity index (χ1) is 8.52. The number of hydrogen-bond donors (Lipinski definition) is 2. The smallest absolute Gasteiger partial charge is 0.154 e. The highest BCUT2D eigenvalue weighted by Gasteiger charge is 2.50. The van der Waals surface area contributed by atoms with Gasteiger partial charge < -0.3 is 10.4 Å². The van der Waals surface area contributed by atoms with E-state index >= 15 is 0 Å². The van der Waals surface area contributed by atoms with Crippen LogP contribution in [0.3, 0.4) is 0 Å². The van der Waals surface area contributed by atoms with Crippen molar-refractivity contribution >= 4 is 9.84 Å². The Balaban J connectivity index is 1.80. The summed E-state index contributed by atoms with van der Waals surface area (Å²) >= 11 is 0. The normalized spacial score (nSPS) is 47.6. The minimum absolute atomic E-state index is 0.0574. The third-order valence-corrected chi connectivity index (χ3v) is 6.59. The summed E-state index contributed by atoms with van der Waals surface area (Å²) in [5.41, 5.74) is 0. The first-order valence-electron chi connectivity index (χ1n) is 6.87. The van der Waals surface area contributed by atoms with E-state index in [1.54, 1.807) is 0 Å². The Morgan fingerprint density at radius 2 is 2.11 bits per heavy atom. The molecule has 3 heterocycles. The number of hydrogen-bond acceptors (Lipinski definition) is 5. The molecule has 0 radical (unpaired) electrons. The largest absolute Gasteiger partial charge is 0.390 e. The quantitative estimate of drug-likeness (QED) is 0.681. The van der Waals surface area contributed by atoms with Gasteiger partial charge in [-0.15, -0.1) is 0 Å². The average molecular weight is 274 g/mol. The van der Waals surface area contributed by atoms with E-state index in [-0.39, 0.29) is 17.5 Å². The number of nitrogens with zero attached hydrogens (tertiary/aromatic N) is 1. The van der Waals surface area contributed by atoms with Gasteiger partial charge in [-0.05, 0) is 31.3 Å². The molecule has 0 saturated carbocycles. The molecule has 0 aliphatic carbocycles. The Hall–Kier alpha value is -0.170. The molecule has 5 unspecified atom stereocenters. The fraction of sp³-hybridized carbons (Fsp3) is 1.00. The molecule has 0 amide bonds. The monoisotopic (exact) mass is 274 g/mol. The fourth-order valence-electron chi connectivity index (χ4n) is 4.10. The highest BCUT2D eigenvalue weighted by Crippen LogP contribution is 2.37. The maximum Gasteiger partial charge on any atom is 0.154 e. The average Bonchev–Trinajstić information content (AvgIpc) is 2.89. The maximum atomic E-state index is 11.7. The minimum Gasteiger partial charge on any atom is -0.390 e. The third kappa shape index (κ3) is 1.99. The number of rotatable bonds is 2. The van der Waals surface area contributed by atoms with Gasteiger partial charge in [-0.1, -0.05) is 6.92 Å². The van der Waals surface area contributed by atoms with Crippen molar-refractivity contribution in [3.05, 3.63) is 0 Å². The molecule has 18 heavy (non-hydrogen) atoms. The van der Waals surface area contributed by atoms with Gasteiger partial charge in [0.2, 0.25) is 0 Å². The summed E-state index contributed by atoms with van der Waals surface area (Å²) < 4.78 is 23.3. The van der Waals surface area contributed by atoms with E-state index in [1.807, 2.05) is 0 Å². The van der Waals surface area contributed by atoms with Crippen molar-refractivity contribution < 1.29 is 13.5 Å². The molecule has 6 heteroatoms. The van der Waals surface area contributed by atoms with Crippen molar-refractivity contribution in [3.8, 4) is 0 Å². The van der Waals surface area contributed by atoms with Gasteiger partial charge in [0.15, 0.2) is 9.84 Å². The molecule has 0 aromatic heterocycles. The van der Waals surface area contributed by atoms with Gasteiger partial charge in [0.1, 0.15) is 0 Å². The van der Waals surface area contributed by atoms with Crippen LogP contribution in [0.25, 0.3) is 0 Å². The summed E-state index contributed by atoms with van der Waals surface area (Å²) in [6, 6.07) is 0.253. The molecule has 5 nitrogen and oxygen atoms in total. The van der Waals surface area contributed by atoms with Crippen LogP contribution in [0.2, 0.25) is 0 Å². The zero-order valence-electron chi connectivity index (χ0n) is 10.7. The summed E-state index contributed by atoms with van der Waals surface area (Å²) in [4.78, 5) is 2.28. The highest BCUT2D eigenvalue weighted by atomic mass is 32.2. The molecule has 5 atom stereocenters. The summed E-state index contributed by atoms with van der Waals surface area (Å²) in [6.45, 7) is 5.17. The molecule has 0 bridgehead atoms. The Bertz CT molecular complexity index is 425. The van der Waals surface area contributed by atoms with Crippen molar-refractivity contribution in [3.63, 3.8) is 0 Å². The van der Waals surface area contributed by atoms with Crippen LogP contribution in [0.1, 0.15) is 13.3 Å². The van der Waals surface area contributed by atoms with E-state index in [0.717, 1.165) is 26.1 Å². The Morgan fingerprint density at radius 1 is 1.33 bits per heavy atom. The van der Waals surface area contributed by atoms with Crippen LogP contribution < -0.4 is 5.32 Å². The predicted molar refractivity (Wildman–Crippen MR) is 69.1 cm³/mol. The number of aliphatic hydroxyl groups excluding tert-OH is 1. The van der Waals surface area contributed by atoms with Gasteiger partial charge in [0.05, 0.1) is 23.7 Å². The third-order valence-electron chi connectivity index (χ3n) is 4.90. The number of nitrogens with one attached hydrogen (secondary N) is 1. The zero-order chi connectivity index (χ0) is 12.9. The van der Waals surface area contributed by atoms with Gasteiger partial charge in [-0.2, -0.15) is 0 Å². The molecule has 104 valence electrons. The van der Waals surface area contributed by atoms with Gasteiger partial charge in [-0.3, -0.25) is 4.90 Å². The van der Waals surface area contributed by atoms with E-state index in [4.69, 9.17) is 0 Å². The van der Waals surface area contributed by atoms with E-state index in [1.165, 1.54) is 0 Å². The van der Waals surface area contributed by atoms with Crippen LogP contribution in [0.4, 0.5) is 0 Å². The van der Waals surface area contributed by atoms with Crippen molar-refractivity contribution in [2.75, 3.05) is 31.1 Å². The lowest BCUT2D eigenvalue weighted by molar-refractivity contribution is 0.0658. The molecule has 3 aliphatic heterocycles. The highest BCUT2D eigenvalue weighted by molar-refractivity contribution is 7.91. The fourth-order valence-corrected chi connectivity index (χ4v) is 5.91. The first-order valence-corrected chi connectivity index (χ1v) is 8.69. The molecule has 0 spiro atoms. The summed E-state index contributed by atoms with van der Waals surface area (Å²) in [6.07, 6.45) is 0.336. The predicted octanol–water partition coefficient (Wildman–Crippen LogP) is -0.926. The number of sulfone groups is 1. The van der Waals surface area contributed by atoms with E-state index in [0.29, 0.717) is 17.9 Å². The van der Waals surface area contributed by atoms with Crippen LogP contribution in [0.5, 0.6) is 0 Å². The molecule has 3 fully saturated rings. The van der Waals surface area contributed by atoms with Gasteiger partial charge in [0, 0.05) is 12.6 Å². The second-order valence-electron chi connectivity index (χ2n) is 5.97. The van der Waals surface area contributed by atoms with Crippen LogP contribution in [0, 0.1) is 11.8 Å². The lowest BCUT2D eigenvalue weighted by atomic mass is 9.92. The molecule has 3 rings (SSSR count). The summed E-state index contributed by atoms with van der Waals surface area (Å²) in [5, 5.41) is 13.4. The lowest BCUT2D eigenvalue weighted by Crippen LogP contribution is -2.47. The second kappa shape index (κ2) is 4.44. The number of aliphatic hydroxyl groups is 1.